The van der Waals surface area contributed by atoms with Crippen molar-refractivity contribution in [2.45, 2.75) is 12.8 Å². The highest BCUT2D eigenvalue weighted by atomic mass is 16.6. The Hall–Kier alpha value is -3.03. The zero-order chi connectivity index (χ0) is 17.7. The molecule has 8 heteroatoms. The van der Waals surface area contributed by atoms with Gasteiger partial charge in [0.15, 0.2) is 5.75 Å². The topological polar surface area (TPSA) is 113 Å². The van der Waals surface area contributed by atoms with Gasteiger partial charge in [0, 0.05) is 11.6 Å². The summed E-state index contributed by atoms with van der Waals surface area (Å²) in [4.78, 5) is 35.4. The second-order valence-corrected chi connectivity index (χ2v) is 6.58. The molecule has 1 saturated heterocycles. The standard InChI is InChI=1S/C17H15N3O5/c21-13-6-1-9(7-12(13)20(24)25)8-18-19-16(22)14-10-2-3-11(5-4-10)15(14)17(19)23/h1-3,6-8,10-11,14-15,21H,4-5H2/b18-8+. The van der Waals surface area contributed by atoms with Crippen molar-refractivity contribution < 1.29 is 19.6 Å². The lowest BCUT2D eigenvalue weighted by atomic mass is 9.63. The number of rotatable bonds is 3. The Balaban J connectivity index is 1.60. The van der Waals surface area contributed by atoms with Gasteiger partial charge in [0.1, 0.15) is 0 Å². The molecule has 0 spiro atoms. The number of phenols is 1. The molecule has 2 fully saturated rings. The number of nitro benzene ring substituents is 1. The Bertz CT molecular complexity index is 815. The Morgan fingerprint density at radius 3 is 2.28 bits per heavy atom. The van der Waals surface area contributed by atoms with Crippen molar-refractivity contribution in [3.63, 3.8) is 0 Å². The molecule has 0 aromatic heterocycles. The fourth-order valence-corrected chi connectivity index (χ4v) is 4.06. The van der Waals surface area contributed by atoms with Crippen LogP contribution < -0.4 is 0 Å². The van der Waals surface area contributed by atoms with Crippen LogP contribution in [-0.4, -0.2) is 33.1 Å². The first kappa shape index (κ1) is 15.5. The maximum atomic E-state index is 12.6. The highest BCUT2D eigenvalue weighted by Crippen LogP contribution is 2.49. The summed E-state index contributed by atoms with van der Waals surface area (Å²) < 4.78 is 0. The molecule has 2 amide bonds. The van der Waals surface area contributed by atoms with Gasteiger partial charge in [0.25, 0.3) is 11.8 Å². The first-order valence-electron chi connectivity index (χ1n) is 8.05. The van der Waals surface area contributed by atoms with E-state index in [0.717, 1.165) is 23.9 Å². The number of nitrogens with zero attached hydrogens (tertiary/aromatic N) is 3. The van der Waals surface area contributed by atoms with Crippen LogP contribution in [0.25, 0.3) is 0 Å². The molecule has 3 aliphatic carbocycles. The fraction of sp³-hybridized carbons (Fsp3) is 0.353. The number of amides is 2. The summed E-state index contributed by atoms with van der Waals surface area (Å²) in [7, 11) is 0. The van der Waals surface area contributed by atoms with Crippen LogP contribution in [0.4, 0.5) is 5.69 Å². The Morgan fingerprint density at radius 2 is 1.76 bits per heavy atom. The van der Waals surface area contributed by atoms with E-state index in [-0.39, 0.29) is 35.5 Å². The number of carbonyl (C=O) groups is 2. The summed E-state index contributed by atoms with van der Waals surface area (Å²) in [6, 6.07) is 3.74. The molecule has 5 rings (SSSR count). The maximum absolute atomic E-state index is 12.6. The Kier molecular flexibility index (Phi) is 3.41. The number of carbonyl (C=O) groups excluding carboxylic acids is 2. The van der Waals surface area contributed by atoms with Gasteiger partial charge in [-0.25, -0.2) is 0 Å². The zero-order valence-corrected chi connectivity index (χ0v) is 13.1. The second-order valence-electron chi connectivity index (χ2n) is 6.58. The molecular formula is C17H15N3O5. The Morgan fingerprint density at radius 1 is 1.16 bits per heavy atom. The Labute approximate surface area is 142 Å². The molecule has 4 unspecified atom stereocenters. The van der Waals surface area contributed by atoms with E-state index in [1.54, 1.807) is 0 Å². The van der Waals surface area contributed by atoms with E-state index in [1.807, 2.05) is 12.2 Å². The van der Waals surface area contributed by atoms with Gasteiger partial charge in [-0.05, 0) is 36.8 Å². The number of hydrazone groups is 1. The van der Waals surface area contributed by atoms with Crippen molar-refractivity contribution in [2.75, 3.05) is 0 Å². The normalized spacial score (nSPS) is 30.3. The fourth-order valence-electron chi connectivity index (χ4n) is 4.06. The van der Waals surface area contributed by atoms with E-state index in [4.69, 9.17) is 0 Å². The molecule has 4 aliphatic rings. The molecule has 1 aromatic carbocycles. The monoisotopic (exact) mass is 341 g/mol. The van der Waals surface area contributed by atoms with Crippen molar-refractivity contribution in [1.82, 2.24) is 5.01 Å². The number of nitro groups is 1. The number of imide groups is 1. The van der Waals surface area contributed by atoms with E-state index in [1.165, 1.54) is 18.3 Å². The van der Waals surface area contributed by atoms with E-state index in [0.29, 0.717) is 5.56 Å². The van der Waals surface area contributed by atoms with Gasteiger partial charge in [-0.1, -0.05) is 12.2 Å². The van der Waals surface area contributed by atoms with Crippen molar-refractivity contribution >= 4 is 23.7 Å². The van der Waals surface area contributed by atoms with Gasteiger partial charge in [0.05, 0.1) is 23.0 Å². The van der Waals surface area contributed by atoms with Crippen LogP contribution in [-0.2, 0) is 9.59 Å². The molecule has 25 heavy (non-hydrogen) atoms. The average molecular weight is 341 g/mol. The van der Waals surface area contributed by atoms with Crippen LogP contribution in [0.1, 0.15) is 18.4 Å². The lowest BCUT2D eigenvalue weighted by Gasteiger charge is -2.37. The molecule has 1 N–H and O–H groups in total. The summed E-state index contributed by atoms with van der Waals surface area (Å²) >= 11 is 0. The molecule has 128 valence electrons. The van der Waals surface area contributed by atoms with Gasteiger partial charge < -0.3 is 5.11 Å². The number of benzene rings is 1. The third-order valence-electron chi connectivity index (χ3n) is 5.25. The third kappa shape index (κ3) is 2.33. The minimum absolute atomic E-state index is 0.0846. The molecule has 4 atom stereocenters. The third-order valence-corrected chi connectivity index (χ3v) is 5.25. The summed E-state index contributed by atoms with van der Waals surface area (Å²) in [5, 5.41) is 25.2. The van der Waals surface area contributed by atoms with Crippen LogP contribution in [0.2, 0.25) is 0 Å². The minimum Gasteiger partial charge on any atom is -0.502 e. The second kappa shape index (κ2) is 5.51. The molecule has 2 bridgehead atoms. The quantitative estimate of drug-likeness (QED) is 0.296. The average Bonchev–Trinajstić information content (AvgIpc) is 2.88. The van der Waals surface area contributed by atoms with E-state index >= 15 is 0 Å². The lowest BCUT2D eigenvalue weighted by molar-refractivity contribution is -0.385. The summed E-state index contributed by atoms with van der Waals surface area (Å²) in [5.74, 6) is -1.59. The minimum atomic E-state index is -0.712. The summed E-state index contributed by atoms with van der Waals surface area (Å²) in [6.45, 7) is 0. The van der Waals surface area contributed by atoms with Crippen molar-refractivity contribution in [3.8, 4) is 5.75 Å². The largest absolute Gasteiger partial charge is 0.502 e. The molecule has 1 saturated carbocycles. The van der Waals surface area contributed by atoms with E-state index < -0.39 is 16.4 Å². The molecular weight excluding hydrogens is 326 g/mol. The maximum Gasteiger partial charge on any atom is 0.311 e. The van der Waals surface area contributed by atoms with Crippen molar-refractivity contribution in [1.29, 1.82) is 0 Å². The van der Waals surface area contributed by atoms with Crippen molar-refractivity contribution in [3.05, 3.63) is 46.0 Å². The first-order valence-corrected chi connectivity index (χ1v) is 8.05. The number of phenolic OH excluding ortho intramolecular Hbond substituents is 1. The molecule has 1 heterocycles. The molecule has 1 aliphatic heterocycles. The zero-order valence-electron chi connectivity index (χ0n) is 13.1. The predicted molar refractivity (Wildman–Crippen MR) is 86.5 cm³/mol. The number of hydrogen-bond donors (Lipinski definition) is 1. The van der Waals surface area contributed by atoms with Crippen LogP contribution in [0, 0.1) is 33.8 Å². The van der Waals surface area contributed by atoms with Crippen LogP contribution in [0.5, 0.6) is 5.75 Å². The van der Waals surface area contributed by atoms with E-state index in [9.17, 15) is 24.8 Å². The van der Waals surface area contributed by atoms with Gasteiger partial charge in [0.2, 0.25) is 0 Å². The SMILES string of the molecule is O=C1C2C3C=CC(CC3)C2C(=O)N1/N=C/c1ccc(O)c([N+](=O)[O-])c1. The number of allylic oxidation sites excluding steroid dienone is 2. The summed E-state index contributed by atoms with van der Waals surface area (Å²) in [5.41, 5.74) is -0.139. The highest BCUT2D eigenvalue weighted by Gasteiger charge is 2.56. The van der Waals surface area contributed by atoms with Gasteiger partial charge >= 0.3 is 5.69 Å². The van der Waals surface area contributed by atoms with Gasteiger partial charge in [-0.3, -0.25) is 19.7 Å². The van der Waals surface area contributed by atoms with Crippen LogP contribution >= 0.6 is 0 Å². The summed E-state index contributed by atoms with van der Waals surface area (Å²) in [6.07, 6.45) is 7.09. The lowest BCUT2D eigenvalue weighted by Crippen LogP contribution is -2.38. The number of aromatic hydroxyl groups is 1. The first-order chi connectivity index (χ1) is 12.0. The van der Waals surface area contributed by atoms with Crippen LogP contribution in [0.15, 0.2) is 35.5 Å². The number of hydrogen-bond acceptors (Lipinski definition) is 6. The van der Waals surface area contributed by atoms with Gasteiger partial charge in [-0.15, -0.1) is 0 Å². The van der Waals surface area contributed by atoms with E-state index in [2.05, 4.69) is 5.10 Å². The molecule has 0 radical (unpaired) electrons. The van der Waals surface area contributed by atoms with Crippen molar-refractivity contribution in [2.24, 2.45) is 28.8 Å². The van der Waals surface area contributed by atoms with Gasteiger partial charge in [-0.2, -0.15) is 10.1 Å². The van der Waals surface area contributed by atoms with Crippen LogP contribution in [0.3, 0.4) is 0 Å². The molecule has 8 nitrogen and oxygen atoms in total. The highest BCUT2D eigenvalue weighted by molar-refractivity contribution is 6.06. The smallest absolute Gasteiger partial charge is 0.311 e. The predicted octanol–water partition coefficient (Wildman–Crippen LogP) is 1.83. The number of fused-ring (bicyclic) bond motifs is 1. The molecule has 1 aromatic rings.